The highest BCUT2D eigenvalue weighted by molar-refractivity contribution is 8.13. The summed E-state index contributed by atoms with van der Waals surface area (Å²) in [5.41, 5.74) is 1.59. The highest BCUT2D eigenvalue weighted by atomic mass is 35.7. The fraction of sp³-hybridized carbons (Fsp3) is 0.533. The van der Waals surface area contributed by atoms with Gasteiger partial charge in [0.05, 0.1) is 4.90 Å². The van der Waals surface area contributed by atoms with E-state index in [0.29, 0.717) is 17.7 Å². The highest BCUT2D eigenvalue weighted by Crippen LogP contribution is 2.24. The molecule has 1 aromatic rings. The third kappa shape index (κ3) is 4.71. The molecule has 0 heterocycles. The van der Waals surface area contributed by atoms with Crippen molar-refractivity contribution in [3.63, 3.8) is 0 Å². The van der Waals surface area contributed by atoms with Crippen LogP contribution in [0.4, 0.5) is 0 Å². The van der Waals surface area contributed by atoms with Crippen LogP contribution >= 0.6 is 10.7 Å². The number of rotatable bonds is 5. The summed E-state index contributed by atoms with van der Waals surface area (Å²) in [6.45, 7) is 10.1. The standard InChI is InChI=1S/C15H22ClNO3S/c1-6-15(4,5)9-17-14(18)12-7-10(2)11(3)13(8-12)21(16,19)20/h7-8H,6,9H2,1-5H3,(H,17,18). The van der Waals surface area contributed by atoms with E-state index in [1.165, 1.54) is 6.07 Å². The molecule has 0 spiro atoms. The van der Waals surface area contributed by atoms with Gasteiger partial charge in [-0.2, -0.15) is 0 Å². The van der Waals surface area contributed by atoms with Crippen LogP contribution in [0.3, 0.4) is 0 Å². The Morgan fingerprint density at radius 1 is 1.29 bits per heavy atom. The normalized spacial score (nSPS) is 12.3. The van der Waals surface area contributed by atoms with Crippen LogP contribution in [-0.2, 0) is 9.05 Å². The SMILES string of the molecule is CCC(C)(C)CNC(=O)c1cc(C)c(C)c(S(=O)(=O)Cl)c1. The minimum atomic E-state index is -3.87. The van der Waals surface area contributed by atoms with E-state index in [4.69, 9.17) is 10.7 Å². The Morgan fingerprint density at radius 3 is 2.33 bits per heavy atom. The molecule has 0 bridgehead atoms. The second-order valence-electron chi connectivity index (χ2n) is 6.05. The summed E-state index contributed by atoms with van der Waals surface area (Å²) in [4.78, 5) is 12.2. The van der Waals surface area contributed by atoms with Gasteiger partial charge in [-0.1, -0.05) is 20.8 Å². The first-order valence-corrected chi connectivity index (χ1v) is 9.13. The van der Waals surface area contributed by atoms with E-state index in [-0.39, 0.29) is 16.2 Å². The second-order valence-corrected chi connectivity index (χ2v) is 8.59. The van der Waals surface area contributed by atoms with Gasteiger partial charge in [0.1, 0.15) is 0 Å². The molecule has 1 aromatic carbocycles. The molecule has 0 aromatic heterocycles. The van der Waals surface area contributed by atoms with E-state index in [1.807, 2.05) is 0 Å². The van der Waals surface area contributed by atoms with Gasteiger partial charge in [-0.3, -0.25) is 4.79 Å². The zero-order valence-electron chi connectivity index (χ0n) is 13.1. The van der Waals surface area contributed by atoms with Gasteiger partial charge in [-0.25, -0.2) is 8.42 Å². The fourth-order valence-electron chi connectivity index (χ4n) is 1.76. The smallest absolute Gasteiger partial charge is 0.261 e. The molecule has 0 unspecified atom stereocenters. The van der Waals surface area contributed by atoms with E-state index in [2.05, 4.69) is 26.1 Å². The van der Waals surface area contributed by atoms with Crippen molar-refractivity contribution < 1.29 is 13.2 Å². The van der Waals surface area contributed by atoms with Crippen molar-refractivity contribution in [3.05, 3.63) is 28.8 Å². The Balaban J connectivity index is 3.10. The van der Waals surface area contributed by atoms with Crippen LogP contribution in [0.25, 0.3) is 0 Å². The number of carbonyl (C=O) groups excluding carboxylic acids is 1. The number of halogens is 1. The molecule has 0 fully saturated rings. The van der Waals surface area contributed by atoms with Crippen LogP contribution < -0.4 is 5.32 Å². The molecule has 0 aliphatic carbocycles. The van der Waals surface area contributed by atoms with Crippen molar-refractivity contribution in [3.8, 4) is 0 Å². The number of nitrogens with one attached hydrogen (secondary N) is 1. The third-order valence-corrected chi connectivity index (χ3v) is 5.28. The van der Waals surface area contributed by atoms with Crippen molar-refractivity contribution >= 4 is 25.6 Å². The van der Waals surface area contributed by atoms with Gasteiger partial charge in [-0.05, 0) is 48.9 Å². The molecular formula is C15H22ClNO3S. The number of hydrogen-bond acceptors (Lipinski definition) is 3. The number of benzene rings is 1. The summed E-state index contributed by atoms with van der Waals surface area (Å²) in [6, 6.07) is 3.01. The van der Waals surface area contributed by atoms with E-state index in [1.54, 1.807) is 19.9 Å². The first kappa shape index (κ1) is 18.0. The van der Waals surface area contributed by atoms with Crippen molar-refractivity contribution in [2.75, 3.05) is 6.54 Å². The van der Waals surface area contributed by atoms with E-state index >= 15 is 0 Å². The van der Waals surface area contributed by atoms with Crippen LogP contribution in [0.1, 0.15) is 48.7 Å². The van der Waals surface area contributed by atoms with Crippen LogP contribution in [0.15, 0.2) is 17.0 Å². The second kappa shape index (κ2) is 6.36. The molecule has 0 saturated carbocycles. The Bertz CT molecular complexity index is 651. The van der Waals surface area contributed by atoms with Gasteiger partial charge in [0.25, 0.3) is 15.0 Å². The van der Waals surface area contributed by atoms with Gasteiger partial charge in [0, 0.05) is 22.8 Å². The highest BCUT2D eigenvalue weighted by Gasteiger charge is 2.20. The van der Waals surface area contributed by atoms with Crippen molar-refractivity contribution in [2.24, 2.45) is 5.41 Å². The van der Waals surface area contributed by atoms with E-state index < -0.39 is 9.05 Å². The minimum absolute atomic E-state index is 0.00318. The largest absolute Gasteiger partial charge is 0.352 e. The zero-order valence-corrected chi connectivity index (χ0v) is 14.7. The van der Waals surface area contributed by atoms with Crippen molar-refractivity contribution in [1.29, 1.82) is 0 Å². The summed E-state index contributed by atoms with van der Waals surface area (Å²) in [6.07, 6.45) is 0.932. The van der Waals surface area contributed by atoms with E-state index in [9.17, 15) is 13.2 Å². The average molecular weight is 332 g/mol. The Labute approximate surface area is 131 Å². The minimum Gasteiger partial charge on any atom is -0.352 e. The average Bonchev–Trinajstić information content (AvgIpc) is 2.37. The first-order valence-electron chi connectivity index (χ1n) is 6.82. The molecule has 1 N–H and O–H groups in total. The summed E-state index contributed by atoms with van der Waals surface area (Å²) in [5.74, 6) is -0.291. The molecule has 1 rings (SSSR count). The van der Waals surface area contributed by atoms with Gasteiger partial charge in [0.2, 0.25) is 0 Å². The monoisotopic (exact) mass is 331 g/mol. The topological polar surface area (TPSA) is 63.2 Å². The number of aryl methyl sites for hydroxylation is 1. The van der Waals surface area contributed by atoms with Crippen LogP contribution in [0.5, 0.6) is 0 Å². The van der Waals surface area contributed by atoms with Gasteiger partial charge in [-0.15, -0.1) is 0 Å². The molecule has 118 valence electrons. The van der Waals surface area contributed by atoms with Crippen LogP contribution in [0, 0.1) is 19.3 Å². The molecule has 1 amide bonds. The molecular weight excluding hydrogens is 310 g/mol. The quantitative estimate of drug-likeness (QED) is 0.841. The zero-order chi connectivity index (χ0) is 16.4. The molecule has 21 heavy (non-hydrogen) atoms. The fourth-order valence-corrected chi connectivity index (χ4v) is 3.03. The summed E-state index contributed by atoms with van der Waals surface area (Å²) < 4.78 is 23.2. The molecule has 0 atom stereocenters. The van der Waals surface area contributed by atoms with E-state index in [0.717, 1.165) is 12.0 Å². The lowest BCUT2D eigenvalue weighted by molar-refractivity contribution is 0.0935. The van der Waals surface area contributed by atoms with Gasteiger partial charge in [0.15, 0.2) is 0 Å². The maximum absolute atomic E-state index is 12.2. The van der Waals surface area contributed by atoms with Crippen LogP contribution in [-0.4, -0.2) is 20.9 Å². The van der Waals surface area contributed by atoms with Gasteiger partial charge < -0.3 is 5.32 Å². The van der Waals surface area contributed by atoms with Crippen molar-refractivity contribution in [1.82, 2.24) is 5.32 Å². The maximum atomic E-state index is 12.2. The molecule has 0 aliphatic heterocycles. The predicted octanol–water partition coefficient (Wildman–Crippen LogP) is 3.40. The summed E-state index contributed by atoms with van der Waals surface area (Å²) in [7, 11) is 1.56. The maximum Gasteiger partial charge on any atom is 0.261 e. The number of hydrogen-bond donors (Lipinski definition) is 1. The Hall–Kier alpha value is -1.07. The lowest BCUT2D eigenvalue weighted by Crippen LogP contribution is -2.33. The molecule has 4 nitrogen and oxygen atoms in total. The first-order chi connectivity index (χ1) is 9.48. The number of amides is 1. The molecule has 0 saturated heterocycles. The molecule has 0 radical (unpaired) electrons. The van der Waals surface area contributed by atoms with Gasteiger partial charge >= 0.3 is 0 Å². The molecule has 0 aliphatic rings. The van der Waals surface area contributed by atoms with Crippen LogP contribution in [0.2, 0.25) is 0 Å². The lowest BCUT2D eigenvalue weighted by atomic mass is 9.90. The lowest BCUT2D eigenvalue weighted by Gasteiger charge is -2.23. The Morgan fingerprint density at radius 2 is 1.86 bits per heavy atom. The summed E-state index contributed by atoms with van der Waals surface area (Å²) in [5, 5.41) is 2.84. The number of carbonyl (C=O) groups is 1. The van der Waals surface area contributed by atoms with Crippen molar-refractivity contribution in [2.45, 2.75) is 45.9 Å². The summed E-state index contributed by atoms with van der Waals surface area (Å²) >= 11 is 0. The predicted molar refractivity (Wildman–Crippen MR) is 85.4 cm³/mol. The third-order valence-electron chi connectivity index (χ3n) is 3.83. The Kier molecular flexibility index (Phi) is 5.45. The molecule has 6 heteroatoms.